The average molecular weight is 179 g/mol. The second kappa shape index (κ2) is 3.51. The minimum absolute atomic E-state index is 0.777. The van der Waals surface area contributed by atoms with Gasteiger partial charge in [-0.2, -0.15) is 0 Å². The summed E-state index contributed by atoms with van der Waals surface area (Å²) in [5, 5.41) is 3.25. The molecule has 0 saturated heterocycles. The summed E-state index contributed by atoms with van der Waals surface area (Å²) >= 11 is 0. The van der Waals surface area contributed by atoms with Crippen LogP contribution in [0.3, 0.4) is 0 Å². The van der Waals surface area contributed by atoms with Crippen LogP contribution in [-0.2, 0) is 6.54 Å². The maximum atomic E-state index is 4.96. The lowest BCUT2D eigenvalue weighted by Gasteiger charge is -2.14. The Kier molecular flexibility index (Phi) is 2.21. The fourth-order valence-corrected chi connectivity index (χ4v) is 1.30. The van der Waals surface area contributed by atoms with E-state index in [9.17, 15) is 0 Å². The topological polar surface area (TPSA) is 40.8 Å². The predicted octanol–water partition coefficient (Wildman–Crippen LogP) is 0.671. The molecule has 0 aliphatic carbocycles. The van der Waals surface area contributed by atoms with E-state index in [-0.39, 0.29) is 0 Å². The lowest BCUT2D eigenvalue weighted by molar-refractivity contribution is 0.532. The van der Waals surface area contributed by atoms with Gasteiger partial charge in [-0.3, -0.25) is 4.99 Å². The van der Waals surface area contributed by atoms with Crippen LogP contribution in [0.2, 0.25) is 0 Å². The van der Waals surface area contributed by atoms with Gasteiger partial charge < -0.3 is 14.6 Å². The van der Waals surface area contributed by atoms with Gasteiger partial charge in [0.25, 0.3) is 0 Å². The average Bonchev–Trinajstić information content (AvgIpc) is 2.72. The Labute approximate surface area is 77.2 Å². The molecule has 4 nitrogen and oxygen atoms in total. The maximum absolute atomic E-state index is 4.96. The van der Waals surface area contributed by atoms with E-state index in [2.05, 4.69) is 15.2 Å². The first-order valence-electron chi connectivity index (χ1n) is 4.37. The molecule has 0 radical (unpaired) electrons. The molecular weight excluding hydrogens is 166 g/mol. The van der Waals surface area contributed by atoms with Crippen molar-refractivity contribution in [3.05, 3.63) is 24.2 Å². The molecule has 1 aromatic rings. The zero-order valence-corrected chi connectivity index (χ0v) is 7.66. The van der Waals surface area contributed by atoms with Crippen molar-refractivity contribution in [2.24, 2.45) is 4.99 Å². The Morgan fingerprint density at radius 3 is 3.23 bits per heavy atom. The van der Waals surface area contributed by atoms with Crippen molar-refractivity contribution in [3.63, 3.8) is 0 Å². The highest BCUT2D eigenvalue weighted by Crippen LogP contribution is 2.00. The molecule has 0 bridgehead atoms. The Morgan fingerprint density at radius 1 is 1.69 bits per heavy atom. The first kappa shape index (κ1) is 8.16. The second-order valence-electron chi connectivity index (χ2n) is 3.11. The summed E-state index contributed by atoms with van der Waals surface area (Å²) in [5.41, 5.74) is 1.14. The van der Waals surface area contributed by atoms with Crippen LogP contribution in [0.4, 0.5) is 0 Å². The molecule has 1 aliphatic heterocycles. The molecule has 70 valence electrons. The molecule has 2 heterocycles. The number of aliphatic imine (C=N–C) groups is 1. The molecule has 13 heavy (non-hydrogen) atoms. The third kappa shape index (κ3) is 1.83. The summed E-state index contributed by atoms with van der Waals surface area (Å²) in [7, 11) is 2.04. The van der Waals surface area contributed by atoms with Crippen LogP contribution in [0.1, 0.15) is 5.56 Å². The standard InChI is InChI=1S/C9H13N3O/c1-12-4-3-10-9(12)11-6-8-2-5-13-7-8/h2,5,7H,3-4,6H2,1H3,(H,10,11). The molecule has 0 atom stereocenters. The second-order valence-corrected chi connectivity index (χ2v) is 3.11. The minimum atomic E-state index is 0.777. The van der Waals surface area contributed by atoms with E-state index in [0.29, 0.717) is 0 Å². The number of hydrogen-bond donors (Lipinski definition) is 1. The van der Waals surface area contributed by atoms with Crippen LogP contribution in [0, 0.1) is 0 Å². The molecule has 0 saturated carbocycles. The number of nitrogens with one attached hydrogen (secondary N) is 1. The number of likely N-dealkylation sites (N-methyl/N-ethyl adjacent to an activating group) is 1. The zero-order chi connectivity index (χ0) is 9.10. The highest BCUT2D eigenvalue weighted by atomic mass is 16.3. The van der Waals surface area contributed by atoms with E-state index in [4.69, 9.17) is 4.42 Å². The smallest absolute Gasteiger partial charge is 0.194 e. The van der Waals surface area contributed by atoms with Gasteiger partial charge in [0.2, 0.25) is 0 Å². The summed E-state index contributed by atoms with van der Waals surface area (Å²) in [5.74, 6) is 0.973. The van der Waals surface area contributed by atoms with Gasteiger partial charge in [-0.05, 0) is 6.07 Å². The highest BCUT2D eigenvalue weighted by molar-refractivity contribution is 5.81. The van der Waals surface area contributed by atoms with Crippen LogP contribution in [0.25, 0.3) is 0 Å². The summed E-state index contributed by atoms with van der Waals surface area (Å²) in [4.78, 5) is 6.43. The number of furan rings is 1. The molecule has 0 amide bonds. The van der Waals surface area contributed by atoms with E-state index < -0.39 is 0 Å². The molecule has 1 aliphatic rings. The van der Waals surface area contributed by atoms with Gasteiger partial charge in [0, 0.05) is 25.7 Å². The van der Waals surface area contributed by atoms with Gasteiger partial charge in [0.05, 0.1) is 19.1 Å². The van der Waals surface area contributed by atoms with Gasteiger partial charge in [0.1, 0.15) is 0 Å². The number of guanidine groups is 1. The molecule has 0 unspecified atom stereocenters. The van der Waals surface area contributed by atoms with Gasteiger partial charge in [0.15, 0.2) is 5.96 Å². The monoisotopic (exact) mass is 179 g/mol. The fourth-order valence-electron chi connectivity index (χ4n) is 1.30. The Morgan fingerprint density at radius 2 is 2.62 bits per heavy atom. The van der Waals surface area contributed by atoms with Crippen molar-refractivity contribution in [1.29, 1.82) is 0 Å². The van der Waals surface area contributed by atoms with Crippen LogP contribution >= 0.6 is 0 Å². The quantitative estimate of drug-likeness (QED) is 0.725. The van der Waals surface area contributed by atoms with Crippen molar-refractivity contribution in [2.75, 3.05) is 20.1 Å². The van der Waals surface area contributed by atoms with Gasteiger partial charge >= 0.3 is 0 Å². The first-order chi connectivity index (χ1) is 6.36. The molecular formula is C9H13N3O. The van der Waals surface area contributed by atoms with Crippen molar-refractivity contribution in [3.8, 4) is 0 Å². The van der Waals surface area contributed by atoms with Crippen LogP contribution < -0.4 is 5.32 Å². The van der Waals surface area contributed by atoms with E-state index in [1.54, 1.807) is 12.5 Å². The third-order valence-electron chi connectivity index (χ3n) is 2.09. The van der Waals surface area contributed by atoms with E-state index in [1.807, 2.05) is 13.1 Å². The van der Waals surface area contributed by atoms with Crippen LogP contribution in [0.15, 0.2) is 28.0 Å². The zero-order valence-electron chi connectivity index (χ0n) is 7.66. The van der Waals surface area contributed by atoms with Crippen molar-refractivity contribution >= 4 is 5.96 Å². The van der Waals surface area contributed by atoms with E-state index in [0.717, 1.165) is 31.2 Å². The normalized spacial score (nSPS) is 16.1. The largest absolute Gasteiger partial charge is 0.472 e. The van der Waals surface area contributed by atoms with Gasteiger partial charge in [-0.25, -0.2) is 0 Å². The molecule has 1 N–H and O–H groups in total. The molecule has 1 aromatic heterocycles. The SMILES string of the molecule is CN1CCN=C1NCc1ccoc1. The lowest BCUT2D eigenvalue weighted by atomic mass is 10.3. The lowest BCUT2D eigenvalue weighted by Crippen LogP contribution is -2.34. The summed E-state index contributed by atoms with van der Waals surface area (Å²) in [6, 6.07) is 1.95. The fraction of sp³-hybridized carbons (Fsp3) is 0.444. The van der Waals surface area contributed by atoms with Crippen LogP contribution in [0.5, 0.6) is 0 Å². The number of nitrogens with zero attached hydrogens (tertiary/aromatic N) is 2. The van der Waals surface area contributed by atoms with Gasteiger partial charge in [-0.1, -0.05) is 0 Å². The van der Waals surface area contributed by atoms with E-state index in [1.165, 1.54) is 0 Å². The Bertz CT molecular complexity index is 292. The highest BCUT2D eigenvalue weighted by Gasteiger charge is 2.10. The molecule has 4 heteroatoms. The van der Waals surface area contributed by atoms with Crippen LogP contribution in [-0.4, -0.2) is 31.0 Å². The summed E-state index contributed by atoms with van der Waals surface area (Å²) < 4.78 is 4.96. The number of hydrogen-bond acceptors (Lipinski definition) is 4. The minimum Gasteiger partial charge on any atom is -0.472 e. The predicted molar refractivity (Wildman–Crippen MR) is 50.5 cm³/mol. The summed E-state index contributed by atoms with van der Waals surface area (Å²) in [6.45, 7) is 2.68. The molecule has 0 fully saturated rings. The maximum Gasteiger partial charge on any atom is 0.194 e. The van der Waals surface area contributed by atoms with E-state index >= 15 is 0 Å². The Hall–Kier alpha value is -1.45. The molecule has 0 aromatic carbocycles. The van der Waals surface area contributed by atoms with Gasteiger partial charge in [-0.15, -0.1) is 0 Å². The first-order valence-corrected chi connectivity index (χ1v) is 4.37. The molecule has 0 spiro atoms. The van der Waals surface area contributed by atoms with Crippen molar-refractivity contribution in [1.82, 2.24) is 10.2 Å². The Balaban J connectivity index is 1.86. The number of rotatable bonds is 2. The third-order valence-corrected chi connectivity index (χ3v) is 2.09. The van der Waals surface area contributed by atoms with Crippen molar-refractivity contribution in [2.45, 2.75) is 6.54 Å². The van der Waals surface area contributed by atoms with Crippen molar-refractivity contribution < 1.29 is 4.42 Å². The molecule has 2 rings (SSSR count). The summed E-state index contributed by atoms with van der Waals surface area (Å²) in [6.07, 6.45) is 3.42.